The number of hydrogen-bond acceptors (Lipinski definition) is 6. The van der Waals surface area contributed by atoms with Gasteiger partial charge in [0.2, 0.25) is 0 Å². The first-order valence-corrected chi connectivity index (χ1v) is 7.84. The molecule has 0 bridgehead atoms. The molecule has 1 aliphatic carbocycles. The van der Waals surface area contributed by atoms with Crippen molar-refractivity contribution in [3.8, 4) is 0 Å². The Bertz CT molecular complexity index is 596. The van der Waals surface area contributed by atoms with E-state index in [1.165, 1.54) is 22.6 Å². The van der Waals surface area contributed by atoms with Crippen LogP contribution >= 0.6 is 22.7 Å². The van der Waals surface area contributed by atoms with E-state index >= 15 is 0 Å². The fourth-order valence-electron chi connectivity index (χ4n) is 2.01. The Morgan fingerprint density at radius 3 is 3.00 bits per heavy atom. The Hall–Kier alpha value is -1.31. The molecule has 100 valence electrons. The van der Waals surface area contributed by atoms with Crippen molar-refractivity contribution in [2.24, 2.45) is 5.73 Å². The fourth-order valence-corrected chi connectivity index (χ4v) is 3.81. The van der Waals surface area contributed by atoms with Crippen LogP contribution in [0.25, 0.3) is 0 Å². The SMILES string of the molecule is CC(N)c1nc(C(=O)Nc2nc3c(s2)CCC3)cs1. The van der Waals surface area contributed by atoms with Crippen molar-refractivity contribution < 1.29 is 4.79 Å². The molecule has 0 saturated heterocycles. The lowest BCUT2D eigenvalue weighted by atomic mass is 10.4. The molecule has 5 nitrogen and oxygen atoms in total. The predicted octanol–water partition coefficient (Wildman–Crippen LogP) is 2.36. The molecule has 1 amide bonds. The zero-order valence-corrected chi connectivity index (χ0v) is 12.1. The predicted molar refractivity (Wildman–Crippen MR) is 76.8 cm³/mol. The highest BCUT2D eigenvalue weighted by molar-refractivity contribution is 7.16. The van der Waals surface area contributed by atoms with Crippen molar-refractivity contribution in [2.45, 2.75) is 32.2 Å². The van der Waals surface area contributed by atoms with E-state index in [0.717, 1.165) is 23.5 Å². The van der Waals surface area contributed by atoms with Crippen molar-refractivity contribution in [1.29, 1.82) is 0 Å². The molecule has 2 aromatic rings. The van der Waals surface area contributed by atoms with Gasteiger partial charge in [-0.2, -0.15) is 0 Å². The number of nitrogens with zero attached hydrogens (tertiary/aromatic N) is 2. The first-order chi connectivity index (χ1) is 9.13. The van der Waals surface area contributed by atoms with Gasteiger partial charge in [0.25, 0.3) is 5.91 Å². The van der Waals surface area contributed by atoms with Gasteiger partial charge in [0.1, 0.15) is 10.7 Å². The van der Waals surface area contributed by atoms with E-state index in [1.807, 2.05) is 6.92 Å². The Labute approximate surface area is 118 Å². The number of rotatable bonds is 3. The molecule has 2 heterocycles. The molecule has 1 aliphatic rings. The third-order valence-corrected chi connectivity index (χ3v) is 5.08. The zero-order chi connectivity index (χ0) is 13.4. The van der Waals surface area contributed by atoms with Gasteiger partial charge in [-0.3, -0.25) is 10.1 Å². The average molecular weight is 294 g/mol. The highest BCUT2D eigenvalue weighted by Crippen LogP contribution is 2.30. The van der Waals surface area contributed by atoms with Crippen LogP contribution in [-0.2, 0) is 12.8 Å². The van der Waals surface area contributed by atoms with Gasteiger partial charge >= 0.3 is 0 Å². The van der Waals surface area contributed by atoms with Crippen LogP contribution in [0.3, 0.4) is 0 Å². The Morgan fingerprint density at radius 1 is 1.47 bits per heavy atom. The summed E-state index contributed by atoms with van der Waals surface area (Å²) in [6.45, 7) is 1.85. The Balaban J connectivity index is 1.73. The number of amides is 1. The first kappa shape index (κ1) is 12.7. The molecule has 0 spiro atoms. The number of aromatic nitrogens is 2. The highest BCUT2D eigenvalue weighted by atomic mass is 32.1. The number of carbonyl (C=O) groups is 1. The van der Waals surface area contributed by atoms with E-state index in [1.54, 1.807) is 16.7 Å². The normalized spacial score (nSPS) is 15.3. The van der Waals surface area contributed by atoms with E-state index < -0.39 is 0 Å². The third kappa shape index (κ3) is 2.54. The largest absolute Gasteiger partial charge is 0.322 e. The minimum absolute atomic E-state index is 0.143. The Kier molecular flexibility index (Phi) is 3.34. The summed E-state index contributed by atoms with van der Waals surface area (Å²) in [5, 5.41) is 5.98. The molecule has 2 aromatic heterocycles. The molecule has 3 rings (SSSR count). The quantitative estimate of drug-likeness (QED) is 0.910. The molecule has 1 atom stereocenters. The molecule has 0 saturated carbocycles. The van der Waals surface area contributed by atoms with Crippen LogP contribution in [0.1, 0.15) is 45.5 Å². The van der Waals surface area contributed by atoms with Gasteiger partial charge < -0.3 is 5.73 Å². The molecular weight excluding hydrogens is 280 g/mol. The van der Waals surface area contributed by atoms with Gasteiger partial charge in [0.15, 0.2) is 5.13 Å². The van der Waals surface area contributed by atoms with Crippen LogP contribution < -0.4 is 11.1 Å². The van der Waals surface area contributed by atoms with Gasteiger partial charge in [-0.05, 0) is 26.2 Å². The third-order valence-electron chi connectivity index (χ3n) is 2.96. The van der Waals surface area contributed by atoms with E-state index in [-0.39, 0.29) is 11.9 Å². The number of thiazole rings is 2. The summed E-state index contributed by atoms with van der Waals surface area (Å²) in [5.74, 6) is -0.212. The Morgan fingerprint density at radius 2 is 2.32 bits per heavy atom. The number of hydrogen-bond donors (Lipinski definition) is 2. The van der Waals surface area contributed by atoms with E-state index in [2.05, 4.69) is 15.3 Å². The van der Waals surface area contributed by atoms with Crippen LogP contribution in [0, 0.1) is 0 Å². The van der Waals surface area contributed by atoms with Crippen molar-refractivity contribution >= 4 is 33.7 Å². The lowest BCUT2D eigenvalue weighted by Gasteiger charge is -1.99. The van der Waals surface area contributed by atoms with Gasteiger partial charge in [0.05, 0.1) is 11.7 Å². The second kappa shape index (κ2) is 4.99. The maximum Gasteiger partial charge on any atom is 0.276 e. The van der Waals surface area contributed by atoms with Gasteiger partial charge in [-0.15, -0.1) is 22.7 Å². The van der Waals surface area contributed by atoms with Crippen molar-refractivity contribution in [3.63, 3.8) is 0 Å². The summed E-state index contributed by atoms with van der Waals surface area (Å²) in [5.41, 5.74) is 7.28. The fraction of sp³-hybridized carbons (Fsp3) is 0.417. The summed E-state index contributed by atoms with van der Waals surface area (Å²) in [4.78, 5) is 22.0. The number of fused-ring (bicyclic) bond motifs is 1. The van der Waals surface area contributed by atoms with Crippen LogP contribution in [0.5, 0.6) is 0 Å². The second-order valence-electron chi connectivity index (χ2n) is 4.56. The first-order valence-electron chi connectivity index (χ1n) is 6.14. The standard InChI is InChI=1S/C12H14N4OS2/c1-6(13)11-14-8(5-18-11)10(17)16-12-15-7-3-2-4-9(7)19-12/h5-6H,2-4,13H2,1H3,(H,15,16,17). The average Bonchev–Trinajstić information content (AvgIpc) is 3.02. The minimum atomic E-state index is -0.212. The molecule has 1 unspecified atom stereocenters. The van der Waals surface area contributed by atoms with Crippen molar-refractivity contribution in [1.82, 2.24) is 9.97 Å². The van der Waals surface area contributed by atoms with E-state index in [0.29, 0.717) is 10.8 Å². The summed E-state index contributed by atoms with van der Waals surface area (Å²) >= 11 is 2.97. The number of anilines is 1. The summed E-state index contributed by atoms with van der Waals surface area (Å²) in [6, 6.07) is -0.143. The van der Waals surface area contributed by atoms with Crippen LogP contribution in [0.2, 0.25) is 0 Å². The molecule has 0 aromatic carbocycles. The maximum atomic E-state index is 12.0. The van der Waals surface area contributed by atoms with Crippen molar-refractivity contribution in [3.05, 3.63) is 26.7 Å². The zero-order valence-electron chi connectivity index (χ0n) is 10.5. The van der Waals surface area contributed by atoms with Gasteiger partial charge in [-0.25, -0.2) is 9.97 Å². The van der Waals surface area contributed by atoms with Gasteiger partial charge in [-0.1, -0.05) is 0 Å². The smallest absolute Gasteiger partial charge is 0.276 e. The second-order valence-corrected chi connectivity index (χ2v) is 6.53. The summed E-state index contributed by atoms with van der Waals surface area (Å²) in [6.07, 6.45) is 3.27. The summed E-state index contributed by atoms with van der Waals surface area (Å²) < 4.78 is 0. The molecule has 0 fully saturated rings. The number of carbonyl (C=O) groups excluding carboxylic acids is 1. The molecule has 0 radical (unpaired) electrons. The number of nitrogens with one attached hydrogen (secondary N) is 1. The molecule has 3 N–H and O–H groups in total. The monoisotopic (exact) mass is 294 g/mol. The van der Waals surface area contributed by atoms with Crippen LogP contribution in [0.4, 0.5) is 5.13 Å². The molecule has 7 heteroatoms. The van der Waals surface area contributed by atoms with E-state index in [4.69, 9.17) is 5.73 Å². The van der Waals surface area contributed by atoms with Gasteiger partial charge in [0, 0.05) is 10.3 Å². The van der Waals surface area contributed by atoms with E-state index in [9.17, 15) is 4.79 Å². The number of nitrogens with two attached hydrogens (primary N) is 1. The maximum absolute atomic E-state index is 12.0. The molecular formula is C12H14N4OS2. The van der Waals surface area contributed by atoms with Crippen LogP contribution in [0.15, 0.2) is 5.38 Å². The van der Waals surface area contributed by atoms with Crippen LogP contribution in [-0.4, -0.2) is 15.9 Å². The number of aryl methyl sites for hydroxylation is 2. The highest BCUT2D eigenvalue weighted by Gasteiger charge is 2.19. The minimum Gasteiger partial charge on any atom is -0.322 e. The molecule has 0 aliphatic heterocycles. The summed E-state index contributed by atoms with van der Waals surface area (Å²) in [7, 11) is 0. The topological polar surface area (TPSA) is 80.9 Å². The van der Waals surface area contributed by atoms with Crippen molar-refractivity contribution in [2.75, 3.05) is 5.32 Å². The lowest BCUT2D eigenvalue weighted by molar-refractivity contribution is 0.102. The molecule has 19 heavy (non-hydrogen) atoms. The lowest BCUT2D eigenvalue weighted by Crippen LogP contribution is -2.13.